The average Bonchev–Trinajstić information content (AvgIpc) is 3.93. The summed E-state index contributed by atoms with van der Waals surface area (Å²) in [6.45, 7) is 0. The maximum absolute atomic E-state index is 6.51. The van der Waals surface area contributed by atoms with Crippen molar-refractivity contribution in [2.75, 3.05) is 0 Å². The van der Waals surface area contributed by atoms with E-state index in [-0.39, 0.29) is 0 Å². The van der Waals surface area contributed by atoms with Crippen LogP contribution in [0.1, 0.15) is 0 Å². The Labute approximate surface area is 357 Å². The van der Waals surface area contributed by atoms with E-state index in [1.54, 1.807) is 0 Å². The van der Waals surface area contributed by atoms with Gasteiger partial charge in [-0.2, -0.15) is 0 Å². The van der Waals surface area contributed by atoms with Crippen molar-refractivity contribution >= 4 is 43.9 Å². The van der Waals surface area contributed by atoms with Crippen molar-refractivity contribution in [3.63, 3.8) is 0 Å². The van der Waals surface area contributed by atoms with Crippen LogP contribution in [0, 0.1) is 0 Å². The first-order valence-corrected chi connectivity index (χ1v) is 20.8. The second-order valence-electron chi connectivity index (χ2n) is 15.5. The van der Waals surface area contributed by atoms with Crippen LogP contribution >= 0.6 is 0 Å². The van der Waals surface area contributed by atoms with Crippen molar-refractivity contribution in [3.05, 3.63) is 212 Å². The summed E-state index contributed by atoms with van der Waals surface area (Å²) in [5, 5.41) is 3.90. The molecule has 0 aliphatic carbocycles. The minimum atomic E-state index is 0.549. The van der Waals surface area contributed by atoms with Gasteiger partial charge in [-0.3, -0.25) is 0 Å². The maximum Gasteiger partial charge on any atom is 0.164 e. The molecule has 0 bridgehead atoms. The normalized spacial score (nSPS) is 11.5. The minimum absolute atomic E-state index is 0.549. The van der Waals surface area contributed by atoms with Gasteiger partial charge in [0.15, 0.2) is 17.5 Å². The van der Waals surface area contributed by atoms with Gasteiger partial charge < -0.3 is 8.83 Å². The van der Waals surface area contributed by atoms with Gasteiger partial charge in [0.25, 0.3) is 0 Å². The molecule has 12 aromatic rings. The lowest BCUT2D eigenvalue weighted by molar-refractivity contribution is 0.668. The Morgan fingerprint density at radius 3 is 1.08 bits per heavy atom. The lowest BCUT2D eigenvalue weighted by Gasteiger charge is -2.13. The predicted octanol–water partition coefficient (Wildman–Crippen LogP) is 15.3. The van der Waals surface area contributed by atoms with E-state index in [0.29, 0.717) is 17.5 Å². The summed E-state index contributed by atoms with van der Waals surface area (Å²) < 4.78 is 13.0. The molecule has 0 atom stereocenters. The molecule has 5 nitrogen and oxygen atoms in total. The second kappa shape index (κ2) is 14.7. The molecule has 0 saturated heterocycles. The topological polar surface area (TPSA) is 65.0 Å². The molecular formula is C57H35N3O2. The van der Waals surface area contributed by atoms with Crippen LogP contribution in [0.2, 0.25) is 0 Å². The predicted molar refractivity (Wildman–Crippen MR) is 252 cm³/mol. The number of benzene rings is 9. The highest BCUT2D eigenvalue weighted by Gasteiger charge is 2.22. The third kappa shape index (κ3) is 6.14. The van der Waals surface area contributed by atoms with Crippen LogP contribution in [0.5, 0.6) is 0 Å². The van der Waals surface area contributed by atoms with Gasteiger partial charge in [0.1, 0.15) is 22.3 Å². The zero-order valence-corrected chi connectivity index (χ0v) is 33.4. The molecule has 290 valence electrons. The Balaban J connectivity index is 1.09. The summed E-state index contributed by atoms with van der Waals surface area (Å²) in [7, 11) is 0. The summed E-state index contributed by atoms with van der Waals surface area (Å²) in [6.07, 6.45) is 0. The highest BCUT2D eigenvalue weighted by Crippen LogP contribution is 2.42. The van der Waals surface area contributed by atoms with Crippen molar-refractivity contribution in [2.24, 2.45) is 0 Å². The van der Waals surface area contributed by atoms with Crippen molar-refractivity contribution in [2.45, 2.75) is 0 Å². The Kier molecular flexibility index (Phi) is 8.42. The summed E-state index contributed by atoms with van der Waals surface area (Å²) in [5.41, 5.74) is 14.6. The Hall–Kier alpha value is -8.41. The number of nitrogens with zero attached hydrogens (tertiary/aromatic N) is 3. The van der Waals surface area contributed by atoms with Crippen molar-refractivity contribution < 1.29 is 8.83 Å². The van der Waals surface area contributed by atoms with Crippen LogP contribution in [0.25, 0.3) is 123 Å². The fraction of sp³-hybridized carbons (Fsp3) is 0. The first kappa shape index (κ1) is 35.5. The number of rotatable bonds is 7. The van der Waals surface area contributed by atoms with Gasteiger partial charge in [-0.25, -0.2) is 15.0 Å². The van der Waals surface area contributed by atoms with Crippen LogP contribution in [0.15, 0.2) is 221 Å². The van der Waals surface area contributed by atoms with Gasteiger partial charge >= 0.3 is 0 Å². The number of fused-ring (bicyclic) bond motifs is 6. The summed E-state index contributed by atoms with van der Waals surface area (Å²) in [5.74, 6) is 1.66. The Morgan fingerprint density at radius 2 is 0.597 bits per heavy atom. The number of hydrogen-bond acceptors (Lipinski definition) is 5. The molecule has 0 fully saturated rings. The zero-order chi connectivity index (χ0) is 41.0. The zero-order valence-electron chi connectivity index (χ0n) is 33.4. The quantitative estimate of drug-likeness (QED) is 0.161. The minimum Gasteiger partial charge on any atom is -0.456 e. The van der Waals surface area contributed by atoms with E-state index in [9.17, 15) is 0 Å². The summed E-state index contributed by atoms with van der Waals surface area (Å²) in [4.78, 5) is 16.1. The molecule has 3 heterocycles. The molecule has 0 aliphatic rings. The third-order valence-corrected chi connectivity index (χ3v) is 11.8. The van der Waals surface area contributed by atoms with Gasteiger partial charge in [0, 0.05) is 38.2 Å². The number of furan rings is 2. The maximum atomic E-state index is 6.51. The first-order valence-electron chi connectivity index (χ1n) is 20.8. The Bertz CT molecular complexity index is 3440. The van der Waals surface area contributed by atoms with Gasteiger partial charge in [-0.1, -0.05) is 176 Å². The first-order chi connectivity index (χ1) is 30.7. The molecular weight excluding hydrogens is 759 g/mol. The van der Waals surface area contributed by atoms with Gasteiger partial charge in [-0.15, -0.1) is 0 Å². The molecule has 62 heavy (non-hydrogen) atoms. The molecule has 5 heteroatoms. The van der Waals surface area contributed by atoms with E-state index in [1.165, 1.54) is 5.56 Å². The van der Waals surface area contributed by atoms with E-state index in [4.69, 9.17) is 23.8 Å². The number of aromatic nitrogens is 3. The average molecular weight is 794 g/mol. The number of hydrogen-bond donors (Lipinski definition) is 0. The van der Waals surface area contributed by atoms with E-state index >= 15 is 0 Å². The summed E-state index contributed by atoms with van der Waals surface area (Å²) in [6, 6.07) is 73.3. The smallest absolute Gasteiger partial charge is 0.164 e. The van der Waals surface area contributed by atoms with Crippen LogP contribution in [-0.2, 0) is 0 Å². The third-order valence-electron chi connectivity index (χ3n) is 11.8. The van der Waals surface area contributed by atoms with E-state index < -0.39 is 0 Å². The standard InChI is InChI=1S/C57H35N3O2/c1-4-14-36(15-5-1)39-26-28-40(29-27-39)43-20-10-11-21-44(43)55-58-56(45-22-12-24-51-53(45)47-34-41(30-32-49(47)61-51)37-16-6-2-7-17-37)60-57(59-55)46-23-13-25-52-54(46)48-35-42(31-33-50(48)62-52)38-18-8-3-9-19-38/h1-35H. The van der Waals surface area contributed by atoms with Crippen LogP contribution in [0.4, 0.5) is 0 Å². The lowest BCUT2D eigenvalue weighted by atomic mass is 9.96. The van der Waals surface area contributed by atoms with E-state index in [0.717, 1.165) is 99.5 Å². The fourth-order valence-corrected chi connectivity index (χ4v) is 8.79. The van der Waals surface area contributed by atoms with Crippen molar-refractivity contribution in [1.29, 1.82) is 0 Å². The van der Waals surface area contributed by atoms with Crippen LogP contribution in [0.3, 0.4) is 0 Å². The SMILES string of the molecule is c1ccc(-c2ccc(-c3ccccc3-c3nc(-c4cccc5oc6ccc(-c7ccccc7)cc6c45)nc(-c4cccc5oc6ccc(-c7ccccc7)cc6c45)n3)cc2)cc1. The van der Waals surface area contributed by atoms with E-state index in [2.05, 4.69) is 164 Å². The molecule has 0 aliphatic heterocycles. The molecule has 0 N–H and O–H groups in total. The fourth-order valence-electron chi connectivity index (χ4n) is 8.79. The lowest BCUT2D eigenvalue weighted by Crippen LogP contribution is -2.01. The molecule has 0 spiro atoms. The summed E-state index contributed by atoms with van der Waals surface area (Å²) >= 11 is 0. The molecule has 3 aromatic heterocycles. The van der Waals surface area contributed by atoms with Gasteiger partial charge in [0.05, 0.1) is 0 Å². The van der Waals surface area contributed by atoms with Crippen molar-refractivity contribution in [3.8, 4) is 78.7 Å². The molecule has 12 rings (SSSR count). The molecule has 0 radical (unpaired) electrons. The monoisotopic (exact) mass is 793 g/mol. The molecule has 0 saturated carbocycles. The Morgan fingerprint density at radius 1 is 0.242 bits per heavy atom. The highest BCUT2D eigenvalue weighted by molar-refractivity contribution is 6.14. The van der Waals surface area contributed by atoms with Gasteiger partial charge in [-0.05, 0) is 80.9 Å². The van der Waals surface area contributed by atoms with Crippen LogP contribution < -0.4 is 0 Å². The molecule has 0 amide bonds. The highest BCUT2D eigenvalue weighted by atomic mass is 16.3. The van der Waals surface area contributed by atoms with Crippen LogP contribution in [-0.4, -0.2) is 15.0 Å². The van der Waals surface area contributed by atoms with Gasteiger partial charge in [0.2, 0.25) is 0 Å². The van der Waals surface area contributed by atoms with E-state index in [1.807, 2.05) is 48.5 Å². The van der Waals surface area contributed by atoms with Crippen molar-refractivity contribution in [1.82, 2.24) is 15.0 Å². The molecule has 0 unspecified atom stereocenters. The second-order valence-corrected chi connectivity index (χ2v) is 15.5. The largest absolute Gasteiger partial charge is 0.456 e. The molecule has 9 aromatic carbocycles.